The van der Waals surface area contributed by atoms with Gasteiger partial charge in [-0.25, -0.2) is 0 Å². The first-order valence-electron chi connectivity index (χ1n) is 10.4. The van der Waals surface area contributed by atoms with Gasteiger partial charge in [-0.2, -0.15) is 0 Å². The number of hydroxylamine groups is 3. The fourth-order valence-corrected chi connectivity index (χ4v) is 4.89. The molecule has 0 radical (unpaired) electrons. The van der Waals surface area contributed by atoms with Crippen LogP contribution in [0.5, 0.6) is 11.5 Å². The van der Waals surface area contributed by atoms with Crippen molar-refractivity contribution >= 4 is 5.78 Å². The van der Waals surface area contributed by atoms with E-state index in [9.17, 15) is 10.0 Å². The largest absolute Gasteiger partial charge is 0.633 e. The van der Waals surface area contributed by atoms with Gasteiger partial charge in [-0.3, -0.25) is 4.79 Å². The lowest BCUT2D eigenvalue weighted by Crippen LogP contribution is -2.47. The lowest BCUT2D eigenvalue weighted by Gasteiger charge is -2.47. The Hall–Kier alpha value is -2.37. The summed E-state index contributed by atoms with van der Waals surface area (Å²) in [6.07, 6.45) is 3.40. The molecular weight excluding hydrogens is 366 g/mol. The standard InChI is InChI=1S/C24H29NO4/c1-28-22-14-19-13-20(24(26)21(19)15-23(22)29-2)12-17-8-10-25(27,11-9-17)16-18-6-4-3-5-7-18/h3-7,14-15,17,20H,8-13,16H2,1-2H3/t17?,20-,25?/m0/s1. The van der Waals surface area contributed by atoms with Crippen LogP contribution in [0.3, 0.4) is 0 Å². The maximum atomic E-state index is 13.1. The highest BCUT2D eigenvalue weighted by molar-refractivity contribution is 6.02. The Balaban J connectivity index is 1.37. The molecule has 0 saturated carbocycles. The van der Waals surface area contributed by atoms with Gasteiger partial charge in [-0.15, -0.1) is 0 Å². The Morgan fingerprint density at radius 3 is 2.34 bits per heavy atom. The van der Waals surface area contributed by atoms with Gasteiger partial charge in [-0.1, -0.05) is 30.3 Å². The molecule has 1 saturated heterocycles. The van der Waals surface area contributed by atoms with Gasteiger partial charge in [0.05, 0.1) is 27.3 Å². The van der Waals surface area contributed by atoms with Crippen molar-refractivity contribution in [3.63, 3.8) is 0 Å². The number of piperidine rings is 1. The second kappa shape index (κ2) is 8.17. The van der Waals surface area contributed by atoms with Crippen molar-refractivity contribution in [2.45, 2.75) is 32.2 Å². The number of quaternary nitrogens is 1. The third kappa shape index (κ3) is 4.16. The number of likely N-dealkylation sites (tertiary alicyclic amines) is 1. The normalized spacial score (nSPS) is 26.2. The first-order valence-corrected chi connectivity index (χ1v) is 10.4. The highest BCUT2D eigenvalue weighted by atomic mass is 16.5. The molecule has 0 N–H and O–H groups in total. The van der Waals surface area contributed by atoms with Crippen molar-refractivity contribution in [3.8, 4) is 11.5 Å². The number of hydrogen-bond acceptors (Lipinski definition) is 4. The molecule has 0 aromatic heterocycles. The highest BCUT2D eigenvalue weighted by Crippen LogP contribution is 2.40. The molecule has 2 aromatic carbocycles. The molecule has 5 heteroatoms. The molecular formula is C24H29NO4. The lowest BCUT2D eigenvalue weighted by atomic mass is 9.85. The SMILES string of the molecule is COc1cc2c(cc1OC)C(=O)[C@@H](CC1CC[N+]([O-])(Cc3ccccc3)CC1)C2. The van der Waals surface area contributed by atoms with Crippen molar-refractivity contribution in [1.82, 2.24) is 0 Å². The topological polar surface area (TPSA) is 58.6 Å². The van der Waals surface area contributed by atoms with Crippen LogP contribution in [0.25, 0.3) is 0 Å². The first kappa shape index (κ1) is 19.9. The number of hydrogen-bond donors (Lipinski definition) is 0. The molecule has 1 aliphatic heterocycles. The second-order valence-corrected chi connectivity index (χ2v) is 8.46. The molecule has 2 aliphatic rings. The van der Waals surface area contributed by atoms with Gasteiger partial charge in [-0.05, 0) is 49.3 Å². The number of nitrogens with zero attached hydrogens (tertiary/aromatic N) is 1. The molecule has 0 bridgehead atoms. The van der Waals surface area contributed by atoms with E-state index in [0.717, 1.165) is 42.4 Å². The van der Waals surface area contributed by atoms with Crippen LogP contribution in [0, 0.1) is 17.0 Å². The summed E-state index contributed by atoms with van der Waals surface area (Å²) in [6.45, 7) is 1.81. The van der Waals surface area contributed by atoms with Crippen molar-refractivity contribution < 1.29 is 18.9 Å². The monoisotopic (exact) mass is 395 g/mol. The van der Waals surface area contributed by atoms with Crippen molar-refractivity contribution in [1.29, 1.82) is 0 Å². The highest BCUT2D eigenvalue weighted by Gasteiger charge is 2.36. The van der Waals surface area contributed by atoms with E-state index in [0.29, 0.717) is 37.1 Å². The quantitative estimate of drug-likeness (QED) is 0.538. The van der Waals surface area contributed by atoms with E-state index in [-0.39, 0.29) is 16.3 Å². The van der Waals surface area contributed by atoms with E-state index >= 15 is 0 Å². The number of benzene rings is 2. The van der Waals surface area contributed by atoms with Gasteiger partial charge < -0.3 is 19.3 Å². The van der Waals surface area contributed by atoms with Gasteiger partial charge in [0.1, 0.15) is 6.54 Å². The molecule has 2 aromatic rings. The zero-order chi connectivity index (χ0) is 20.4. The third-order valence-corrected chi connectivity index (χ3v) is 6.53. The Bertz CT molecular complexity index is 872. The van der Waals surface area contributed by atoms with Gasteiger partial charge in [0, 0.05) is 17.0 Å². The van der Waals surface area contributed by atoms with E-state index in [2.05, 4.69) is 0 Å². The molecule has 5 nitrogen and oxygen atoms in total. The summed E-state index contributed by atoms with van der Waals surface area (Å²) >= 11 is 0. The fourth-order valence-electron chi connectivity index (χ4n) is 4.89. The van der Waals surface area contributed by atoms with E-state index in [1.54, 1.807) is 14.2 Å². The first-order chi connectivity index (χ1) is 14.0. The minimum atomic E-state index is -0.145. The van der Waals surface area contributed by atoms with Crippen LogP contribution >= 0.6 is 0 Å². The van der Waals surface area contributed by atoms with Crippen LogP contribution in [0.2, 0.25) is 0 Å². The molecule has 1 atom stereocenters. The summed E-state index contributed by atoms with van der Waals surface area (Å²) in [5, 5.41) is 13.1. The summed E-state index contributed by atoms with van der Waals surface area (Å²) in [4.78, 5) is 12.9. The average molecular weight is 395 g/mol. The Kier molecular flexibility index (Phi) is 5.61. The molecule has 1 heterocycles. The minimum absolute atomic E-state index is 0.00703. The maximum absolute atomic E-state index is 13.1. The van der Waals surface area contributed by atoms with Gasteiger partial charge >= 0.3 is 0 Å². The van der Waals surface area contributed by atoms with Crippen LogP contribution in [0.1, 0.15) is 40.7 Å². The molecule has 0 unspecified atom stereocenters. The zero-order valence-corrected chi connectivity index (χ0v) is 17.2. The van der Waals surface area contributed by atoms with Crippen LogP contribution in [0.15, 0.2) is 42.5 Å². The molecule has 29 heavy (non-hydrogen) atoms. The van der Waals surface area contributed by atoms with Crippen molar-refractivity contribution in [2.75, 3.05) is 27.3 Å². The Morgan fingerprint density at radius 2 is 1.69 bits per heavy atom. The van der Waals surface area contributed by atoms with E-state index in [1.165, 1.54) is 0 Å². The van der Waals surface area contributed by atoms with Gasteiger partial charge in [0.2, 0.25) is 0 Å². The summed E-state index contributed by atoms with van der Waals surface area (Å²) in [5.74, 6) is 1.93. The number of fused-ring (bicyclic) bond motifs is 1. The molecule has 154 valence electrons. The summed E-state index contributed by atoms with van der Waals surface area (Å²) in [5.41, 5.74) is 2.92. The molecule has 1 aliphatic carbocycles. The van der Waals surface area contributed by atoms with Crippen molar-refractivity contribution in [2.24, 2.45) is 11.8 Å². The summed E-state index contributed by atoms with van der Waals surface area (Å²) in [6, 6.07) is 13.8. The van der Waals surface area contributed by atoms with Crippen LogP contribution in [-0.4, -0.2) is 37.7 Å². The van der Waals surface area contributed by atoms with Crippen LogP contribution in [-0.2, 0) is 13.0 Å². The van der Waals surface area contributed by atoms with Crippen LogP contribution in [0.4, 0.5) is 0 Å². The van der Waals surface area contributed by atoms with Gasteiger partial charge in [0.15, 0.2) is 17.3 Å². The van der Waals surface area contributed by atoms with Gasteiger partial charge in [0.25, 0.3) is 0 Å². The average Bonchev–Trinajstić information content (AvgIpc) is 3.04. The predicted molar refractivity (Wildman–Crippen MR) is 112 cm³/mol. The predicted octanol–water partition coefficient (Wildman–Crippen LogP) is 4.37. The molecule has 4 rings (SSSR count). The number of carbonyl (C=O) groups excluding carboxylic acids is 1. The number of rotatable bonds is 6. The van der Waals surface area contributed by atoms with Crippen molar-refractivity contribution in [3.05, 3.63) is 64.4 Å². The van der Waals surface area contributed by atoms with Crippen LogP contribution < -0.4 is 9.47 Å². The minimum Gasteiger partial charge on any atom is -0.633 e. The van der Waals surface area contributed by atoms with E-state index in [4.69, 9.17) is 9.47 Å². The summed E-state index contributed by atoms with van der Waals surface area (Å²) < 4.78 is 10.6. The van der Waals surface area contributed by atoms with E-state index < -0.39 is 0 Å². The number of ketones is 1. The fraction of sp³-hybridized carbons (Fsp3) is 0.458. The second-order valence-electron chi connectivity index (χ2n) is 8.46. The Labute approximate surface area is 172 Å². The number of Topliss-reactive ketones (excluding diaryl/α,β-unsaturated/α-hetero) is 1. The Morgan fingerprint density at radius 1 is 1.03 bits per heavy atom. The third-order valence-electron chi connectivity index (χ3n) is 6.53. The molecule has 1 fully saturated rings. The number of ether oxygens (including phenoxy) is 2. The molecule has 0 spiro atoms. The maximum Gasteiger partial charge on any atom is 0.166 e. The number of carbonyl (C=O) groups is 1. The number of methoxy groups -OCH3 is 2. The molecule has 0 amide bonds. The smallest absolute Gasteiger partial charge is 0.166 e. The summed E-state index contributed by atoms with van der Waals surface area (Å²) in [7, 11) is 3.20. The van der Waals surface area contributed by atoms with E-state index in [1.807, 2.05) is 42.5 Å². The zero-order valence-electron chi connectivity index (χ0n) is 17.2. The lowest BCUT2D eigenvalue weighted by molar-refractivity contribution is -0.899.